The summed E-state index contributed by atoms with van der Waals surface area (Å²) in [4.78, 5) is 0. The third kappa shape index (κ3) is 1.24. The first-order valence-corrected chi connectivity index (χ1v) is 10.5. The van der Waals surface area contributed by atoms with E-state index in [1.807, 2.05) is 0 Å². The molecular formula is C11H13Ge. The van der Waals surface area contributed by atoms with Gasteiger partial charge in [0.15, 0.2) is 0 Å². The van der Waals surface area contributed by atoms with Gasteiger partial charge >= 0.3 is 78.2 Å². The van der Waals surface area contributed by atoms with E-state index < -0.39 is 14.3 Å². The van der Waals surface area contributed by atoms with Gasteiger partial charge in [-0.3, -0.25) is 0 Å². The molecular weight excluding hydrogens is 205 g/mol. The van der Waals surface area contributed by atoms with Crippen molar-refractivity contribution in [1.82, 2.24) is 0 Å². The molecule has 0 fully saturated rings. The van der Waals surface area contributed by atoms with Crippen LogP contribution in [0.1, 0.15) is 11.1 Å². The molecule has 0 bridgehead atoms. The maximum atomic E-state index is 2.43. The van der Waals surface area contributed by atoms with Crippen LogP contribution >= 0.6 is 0 Å². The van der Waals surface area contributed by atoms with Gasteiger partial charge in [0, 0.05) is 0 Å². The van der Waals surface area contributed by atoms with Crippen LogP contribution in [0.15, 0.2) is 30.3 Å². The van der Waals surface area contributed by atoms with Gasteiger partial charge in [0.1, 0.15) is 0 Å². The molecule has 1 aliphatic carbocycles. The van der Waals surface area contributed by atoms with Gasteiger partial charge in [0.05, 0.1) is 0 Å². The standard InChI is InChI=1S/C11H13Ge/c1-12(2)11-8-7-9-5-3-4-6-10(9)11/h3-8,12H,1-2H3. The average Bonchev–Trinajstić information content (AvgIpc) is 2.47. The summed E-state index contributed by atoms with van der Waals surface area (Å²) in [5.41, 5.74) is 2.90. The molecule has 1 aromatic carbocycles. The Morgan fingerprint density at radius 3 is 2.58 bits per heavy atom. The molecule has 1 aromatic rings. The Hall–Kier alpha value is -0.497. The average molecular weight is 218 g/mol. The Morgan fingerprint density at radius 2 is 1.83 bits per heavy atom. The van der Waals surface area contributed by atoms with Crippen LogP contribution in [0.25, 0.3) is 4.41 Å². The summed E-state index contributed by atoms with van der Waals surface area (Å²) in [5, 5.41) is 0. The topological polar surface area (TPSA) is 0 Å². The van der Waals surface area contributed by atoms with Crippen LogP contribution in [-0.4, -0.2) is 14.3 Å². The summed E-state index contributed by atoms with van der Waals surface area (Å²) in [5.74, 6) is 4.85. The molecule has 0 atom stereocenters. The minimum absolute atomic E-state index is 1.07. The first kappa shape index (κ1) is 8.12. The molecule has 0 aromatic heterocycles. The zero-order valence-corrected chi connectivity index (χ0v) is 9.96. The van der Waals surface area contributed by atoms with Gasteiger partial charge in [-0.2, -0.15) is 0 Å². The predicted octanol–water partition coefficient (Wildman–Crippen LogP) is 2.66. The summed E-state index contributed by atoms with van der Waals surface area (Å²) in [6.45, 7) is 0. The van der Waals surface area contributed by atoms with E-state index in [4.69, 9.17) is 0 Å². The van der Waals surface area contributed by atoms with E-state index in [0.717, 1.165) is 0 Å². The summed E-state index contributed by atoms with van der Waals surface area (Å²) < 4.78 is 1.65. The van der Waals surface area contributed by atoms with Crippen LogP contribution < -0.4 is 0 Å². The van der Waals surface area contributed by atoms with Gasteiger partial charge in [-0.05, 0) is 0 Å². The van der Waals surface area contributed by atoms with Crippen LogP contribution in [0.3, 0.4) is 0 Å². The fourth-order valence-corrected chi connectivity index (χ4v) is 4.54. The number of hydrogen-bond donors (Lipinski definition) is 0. The van der Waals surface area contributed by atoms with Crippen molar-refractivity contribution in [3.05, 3.63) is 47.9 Å². The molecule has 0 amide bonds. The second-order valence-electron chi connectivity index (χ2n) is 3.53. The van der Waals surface area contributed by atoms with E-state index in [-0.39, 0.29) is 0 Å². The molecule has 0 heterocycles. The second kappa shape index (κ2) is 3.10. The second-order valence-corrected chi connectivity index (χ2v) is 9.68. The molecule has 1 aliphatic rings. The summed E-state index contributed by atoms with van der Waals surface area (Å²) in [7, 11) is 0. The van der Waals surface area contributed by atoms with Crippen molar-refractivity contribution in [1.29, 1.82) is 0 Å². The first-order chi connectivity index (χ1) is 5.79. The molecule has 12 heavy (non-hydrogen) atoms. The normalized spacial score (nSPS) is 14.8. The van der Waals surface area contributed by atoms with Crippen LogP contribution in [0, 0.1) is 6.42 Å². The van der Waals surface area contributed by atoms with E-state index in [9.17, 15) is 0 Å². The summed E-state index contributed by atoms with van der Waals surface area (Å²) in [6, 6.07) is 8.69. The van der Waals surface area contributed by atoms with E-state index in [1.54, 1.807) is 4.41 Å². The van der Waals surface area contributed by atoms with Gasteiger partial charge < -0.3 is 0 Å². The molecule has 1 heteroatoms. The monoisotopic (exact) mass is 219 g/mol. The minimum atomic E-state index is -1.07. The Kier molecular flexibility index (Phi) is 2.09. The molecule has 61 valence electrons. The van der Waals surface area contributed by atoms with Gasteiger partial charge in [-0.1, -0.05) is 0 Å². The zero-order valence-electron chi connectivity index (χ0n) is 7.54. The number of allylic oxidation sites excluding steroid dienone is 1. The Morgan fingerprint density at radius 1 is 1.08 bits per heavy atom. The molecule has 1 radical (unpaired) electrons. The third-order valence-corrected chi connectivity index (χ3v) is 6.00. The van der Waals surface area contributed by atoms with E-state index in [1.165, 1.54) is 11.1 Å². The van der Waals surface area contributed by atoms with E-state index in [0.29, 0.717) is 0 Å². The Labute approximate surface area is 78.4 Å². The molecule has 0 saturated heterocycles. The first-order valence-electron chi connectivity index (χ1n) is 4.43. The number of benzene rings is 1. The molecule has 0 saturated carbocycles. The molecule has 0 unspecified atom stereocenters. The summed E-state index contributed by atoms with van der Waals surface area (Å²) in [6.07, 6.45) is 4.56. The fourth-order valence-electron chi connectivity index (χ4n) is 1.68. The van der Waals surface area contributed by atoms with Crippen molar-refractivity contribution in [3.63, 3.8) is 0 Å². The zero-order chi connectivity index (χ0) is 8.55. The molecule has 0 aliphatic heterocycles. The third-order valence-electron chi connectivity index (χ3n) is 2.34. The van der Waals surface area contributed by atoms with E-state index in [2.05, 4.69) is 48.3 Å². The summed E-state index contributed by atoms with van der Waals surface area (Å²) >= 11 is -1.07. The number of rotatable bonds is 1. The number of hydrogen-bond acceptors (Lipinski definition) is 0. The van der Waals surface area contributed by atoms with Crippen LogP contribution in [0.5, 0.6) is 0 Å². The van der Waals surface area contributed by atoms with Gasteiger partial charge in [-0.15, -0.1) is 0 Å². The maximum absolute atomic E-state index is 2.43. The number of fused-ring (bicyclic) bond motifs is 1. The van der Waals surface area contributed by atoms with E-state index >= 15 is 0 Å². The molecule has 0 spiro atoms. The molecule has 0 nitrogen and oxygen atoms in total. The van der Waals surface area contributed by atoms with Crippen LogP contribution in [0.2, 0.25) is 11.5 Å². The van der Waals surface area contributed by atoms with Crippen molar-refractivity contribution in [3.8, 4) is 0 Å². The Bertz CT molecular complexity index is 324. The van der Waals surface area contributed by atoms with Crippen LogP contribution in [0.4, 0.5) is 0 Å². The van der Waals surface area contributed by atoms with Crippen molar-refractivity contribution in [2.75, 3.05) is 0 Å². The van der Waals surface area contributed by atoms with Gasteiger partial charge in [0.2, 0.25) is 0 Å². The fraction of sp³-hybridized carbons (Fsp3) is 0.182. The van der Waals surface area contributed by atoms with Gasteiger partial charge in [0.25, 0.3) is 0 Å². The Balaban J connectivity index is 2.45. The van der Waals surface area contributed by atoms with Crippen molar-refractivity contribution in [2.24, 2.45) is 0 Å². The quantitative estimate of drug-likeness (QED) is 0.635. The SMILES string of the molecule is [CH3][GeH]([CH3])[C]1=C[CH]c2ccccc21. The van der Waals surface area contributed by atoms with Crippen molar-refractivity contribution >= 4 is 18.8 Å². The van der Waals surface area contributed by atoms with Crippen molar-refractivity contribution in [2.45, 2.75) is 11.5 Å². The predicted molar refractivity (Wildman–Crippen MR) is 56.7 cm³/mol. The molecule has 0 N–H and O–H groups in total. The van der Waals surface area contributed by atoms with Crippen LogP contribution in [-0.2, 0) is 0 Å². The van der Waals surface area contributed by atoms with Crippen molar-refractivity contribution < 1.29 is 0 Å². The molecule has 2 rings (SSSR count). The van der Waals surface area contributed by atoms with Gasteiger partial charge in [-0.25, -0.2) is 0 Å².